The van der Waals surface area contributed by atoms with Crippen molar-refractivity contribution in [3.05, 3.63) is 87.4 Å². The van der Waals surface area contributed by atoms with Crippen LogP contribution in [0.5, 0.6) is 11.5 Å². The number of hydrogen-bond acceptors (Lipinski definition) is 7. The molecule has 0 spiro atoms. The van der Waals surface area contributed by atoms with Gasteiger partial charge in [0.05, 0.1) is 21.8 Å². The molecular formula is C28H21ClN2O5S. The first-order valence-electron chi connectivity index (χ1n) is 11.7. The number of aryl methyl sites for hydroxylation is 2. The fourth-order valence-corrected chi connectivity index (χ4v) is 6.09. The molecule has 37 heavy (non-hydrogen) atoms. The Morgan fingerprint density at radius 3 is 2.51 bits per heavy atom. The second-order valence-corrected chi connectivity index (χ2v) is 10.4. The molecule has 2 aliphatic rings. The summed E-state index contributed by atoms with van der Waals surface area (Å²) in [4.78, 5) is 33.1. The first-order valence-corrected chi connectivity index (χ1v) is 12.9. The van der Waals surface area contributed by atoms with Gasteiger partial charge in [-0.25, -0.2) is 4.98 Å². The van der Waals surface area contributed by atoms with Gasteiger partial charge in [-0.05, 0) is 66.9 Å². The van der Waals surface area contributed by atoms with E-state index in [4.69, 9.17) is 26.1 Å². The molecule has 0 bridgehead atoms. The predicted octanol–water partition coefficient (Wildman–Crippen LogP) is 5.96. The van der Waals surface area contributed by atoms with Gasteiger partial charge in [-0.3, -0.25) is 14.5 Å². The molecule has 1 N–H and O–H groups in total. The maximum Gasteiger partial charge on any atom is 0.301 e. The molecule has 3 heterocycles. The van der Waals surface area contributed by atoms with Crippen molar-refractivity contribution in [1.82, 2.24) is 4.98 Å². The minimum absolute atomic E-state index is 0.0313. The van der Waals surface area contributed by atoms with E-state index in [0.29, 0.717) is 46.0 Å². The number of benzene rings is 3. The number of ketones is 1. The molecule has 0 aliphatic carbocycles. The smallest absolute Gasteiger partial charge is 0.301 e. The van der Waals surface area contributed by atoms with Crippen LogP contribution < -0.4 is 14.4 Å². The standard InChI is InChI=1S/C28H21ClN2O5S/c1-14-11-15(2)23-21(12-14)37-28(30-23)31-24(16-3-6-18(29)7-4-16)22(26(33)27(31)34)25(32)17-5-8-19-20(13-17)36-10-9-35-19/h3-8,11-13,24,32H,9-10H2,1-2H3/b25-22+/t24-/m0/s1. The van der Waals surface area contributed by atoms with E-state index in [0.717, 1.165) is 21.3 Å². The van der Waals surface area contributed by atoms with Crippen LogP contribution in [0.1, 0.15) is 28.3 Å². The van der Waals surface area contributed by atoms with Crippen molar-refractivity contribution in [3.63, 3.8) is 0 Å². The van der Waals surface area contributed by atoms with Gasteiger partial charge in [-0.15, -0.1) is 0 Å². The van der Waals surface area contributed by atoms with E-state index in [9.17, 15) is 14.7 Å². The second kappa shape index (κ2) is 8.90. The van der Waals surface area contributed by atoms with Crippen molar-refractivity contribution in [3.8, 4) is 11.5 Å². The van der Waals surface area contributed by atoms with Crippen molar-refractivity contribution in [1.29, 1.82) is 0 Å². The highest BCUT2D eigenvalue weighted by Gasteiger charge is 2.48. The third-order valence-corrected chi connectivity index (χ3v) is 7.72. The number of nitrogens with zero attached hydrogens (tertiary/aromatic N) is 2. The largest absolute Gasteiger partial charge is 0.507 e. The number of aliphatic hydroxyl groups excluding tert-OH is 1. The van der Waals surface area contributed by atoms with Gasteiger partial charge in [0.2, 0.25) is 0 Å². The number of halogens is 1. The van der Waals surface area contributed by atoms with Crippen molar-refractivity contribution in [2.75, 3.05) is 18.1 Å². The third kappa shape index (κ3) is 3.93. The fraction of sp³-hybridized carbons (Fsp3) is 0.179. The summed E-state index contributed by atoms with van der Waals surface area (Å²) in [5, 5.41) is 12.3. The number of ether oxygens (including phenoxy) is 2. The molecule has 1 fully saturated rings. The number of Topliss-reactive ketones (excluding diaryl/α,β-unsaturated/α-hetero) is 1. The van der Waals surface area contributed by atoms with Crippen molar-refractivity contribution < 1.29 is 24.2 Å². The van der Waals surface area contributed by atoms with Crippen LogP contribution >= 0.6 is 22.9 Å². The Morgan fingerprint density at radius 2 is 1.76 bits per heavy atom. The lowest BCUT2D eigenvalue weighted by Gasteiger charge is -2.23. The molecule has 1 saturated heterocycles. The maximum atomic E-state index is 13.5. The number of thiazole rings is 1. The number of aliphatic hydroxyl groups is 1. The van der Waals surface area contributed by atoms with E-state index in [1.165, 1.54) is 16.2 Å². The average molecular weight is 533 g/mol. The summed E-state index contributed by atoms with van der Waals surface area (Å²) in [6.45, 7) is 4.77. The van der Waals surface area contributed by atoms with Gasteiger partial charge in [-0.1, -0.05) is 41.1 Å². The molecule has 0 radical (unpaired) electrons. The lowest BCUT2D eigenvalue weighted by atomic mass is 9.95. The van der Waals surface area contributed by atoms with E-state index < -0.39 is 17.7 Å². The zero-order chi connectivity index (χ0) is 25.8. The normalized spacial score (nSPS) is 18.6. The number of carbonyl (C=O) groups is 2. The first-order chi connectivity index (χ1) is 17.8. The average Bonchev–Trinajstić information content (AvgIpc) is 3.42. The Bertz CT molecular complexity index is 1630. The van der Waals surface area contributed by atoms with E-state index in [1.807, 2.05) is 26.0 Å². The first kappa shape index (κ1) is 23.5. The molecule has 186 valence electrons. The fourth-order valence-electron chi connectivity index (χ4n) is 4.80. The highest BCUT2D eigenvalue weighted by Crippen LogP contribution is 2.45. The van der Waals surface area contributed by atoms with Gasteiger partial charge < -0.3 is 14.6 Å². The highest BCUT2D eigenvalue weighted by molar-refractivity contribution is 7.22. The van der Waals surface area contributed by atoms with E-state index in [2.05, 4.69) is 0 Å². The van der Waals surface area contributed by atoms with Gasteiger partial charge in [0.25, 0.3) is 5.78 Å². The molecule has 2 aliphatic heterocycles. The number of amides is 1. The van der Waals surface area contributed by atoms with E-state index >= 15 is 0 Å². The van der Waals surface area contributed by atoms with Crippen molar-refractivity contribution >= 4 is 55.7 Å². The van der Waals surface area contributed by atoms with Crippen LogP contribution in [-0.4, -0.2) is 35.0 Å². The van der Waals surface area contributed by atoms with Crippen LogP contribution in [0.4, 0.5) is 5.13 Å². The third-order valence-electron chi connectivity index (χ3n) is 6.47. The van der Waals surface area contributed by atoms with Crippen LogP contribution in [-0.2, 0) is 9.59 Å². The molecule has 1 amide bonds. The van der Waals surface area contributed by atoms with Crippen LogP contribution in [0.15, 0.2) is 60.2 Å². The van der Waals surface area contributed by atoms with Gasteiger partial charge >= 0.3 is 5.91 Å². The monoisotopic (exact) mass is 532 g/mol. The molecule has 0 unspecified atom stereocenters. The number of fused-ring (bicyclic) bond motifs is 2. The van der Waals surface area contributed by atoms with Crippen LogP contribution in [0.25, 0.3) is 16.0 Å². The molecular weight excluding hydrogens is 512 g/mol. The number of aromatic nitrogens is 1. The predicted molar refractivity (Wildman–Crippen MR) is 143 cm³/mol. The SMILES string of the molecule is Cc1cc(C)c2nc(N3C(=O)C(=O)/C(=C(/O)c4ccc5c(c4)OCCO5)[C@@H]3c3ccc(Cl)cc3)sc2c1. The van der Waals surface area contributed by atoms with E-state index in [1.54, 1.807) is 42.5 Å². The summed E-state index contributed by atoms with van der Waals surface area (Å²) >= 11 is 7.47. The summed E-state index contributed by atoms with van der Waals surface area (Å²) in [5.41, 5.74) is 3.76. The Balaban J connectivity index is 1.55. The summed E-state index contributed by atoms with van der Waals surface area (Å²) in [5.74, 6) is -0.833. The molecule has 3 aromatic carbocycles. The summed E-state index contributed by atoms with van der Waals surface area (Å²) in [7, 11) is 0. The molecule has 1 aromatic heterocycles. The summed E-state index contributed by atoms with van der Waals surface area (Å²) in [6, 6.07) is 14.9. The van der Waals surface area contributed by atoms with Crippen LogP contribution in [0, 0.1) is 13.8 Å². The summed E-state index contributed by atoms with van der Waals surface area (Å²) < 4.78 is 12.1. The number of rotatable bonds is 3. The molecule has 4 aromatic rings. The highest BCUT2D eigenvalue weighted by atomic mass is 35.5. The zero-order valence-electron chi connectivity index (χ0n) is 19.9. The second-order valence-electron chi connectivity index (χ2n) is 9.00. The molecule has 9 heteroatoms. The van der Waals surface area contributed by atoms with Crippen molar-refractivity contribution in [2.45, 2.75) is 19.9 Å². The Hall–Kier alpha value is -3.88. The van der Waals surface area contributed by atoms with Gasteiger partial charge in [-0.2, -0.15) is 0 Å². The van der Waals surface area contributed by atoms with Gasteiger partial charge in [0.15, 0.2) is 16.6 Å². The minimum atomic E-state index is -0.896. The Morgan fingerprint density at radius 1 is 1.03 bits per heavy atom. The number of carbonyl (C=O) groups excluding carboxylic acids is 2. The van der Waals surface area contributed by atoms with Crippen molar-refractivity contribution in [2.24, 2.45) is 0 Å². The molecule has 0 saturated carbocycles. The van der Waals surface area contributed by atoms with E-state index in [-0.39, 0.29) is 11.3 Å². The Labute approximate surface area is 221 Å². The lowest BCUT2D eigenvalue weighted by Crippen LogP contribution is -2.29. The van der Waals surface area contributed by atoms with Gasteiger partial charge in [0.1, 0.15) is 19.0 Å². The molecule has 7 nitrogen and oxygen atoms in total. The maximum absolute atomic E-state index is 13.5. The van der Waals surface area contributed by atoms with Gasteiger partial charge in [0, 0.05) is 10.6 Å². The topological polar surface area (TPSA) is 89.0 Å². The Kier molecular flexibility index (Phi) is 5.66. The summed E-state index contributed by atoms with van der Waals surface area (Å²) in [6.07, 6.45) is 0. The number of anilines is 1. The van der Waals surface area contributed by atoms with Crippen LogP contribution in [0.3, 0.4) is 0 Å². The minimum Gasteiger partial charge on any atom is -0.507 e. The lowest BCUT2D eigenvalue weighted by molar-refractivity contribution is -0.132. The quantitative estimate of drug-likeness (QED) is 0.199. The zero-order valence-corrected chi connectivity index (χ0v) is 21.5. The molecule has 1 atom stereocenters. The van der Waals surface area contributed by atoms with Crippen LogP contribution in [0.2, 0.25) is 5.02 Å². The molecule has 6 rings (SSSR count). The number of hydrogen-bond donors (Lipinski definition) is 1.